The summed E-state index contributed by atoms with van der Waals surface area (Å²) in [5.74, 6) is 0.585. The number of thiophene rings is 1. The van der Waals surface area contributed by atoms with Crippen molar-refractivity contribution in [1.82, 2.24) is 15.0 Å². The molecule has 4 aromatic rings. The van der Waals surface area contributed by atoms with E-state index in [1.807, 2.05) is 6.07 Å². The third kappa shape index (κ3) is 4.09. The zero-order valence-corrected chi connectivity index (χ0v) is 17.8. The van der Waals surface area contributed by atoms with Gasteiger partial charge in [-0.2, -0.15) is 0 Å². The fraction of sp³-hybridized carbons (Fsp3) is 0.190. The Labute approximate surface area is 179 Å². The number of fused-ring (bicyclic) bond motifs is 1. The highest BCUT2D eigenvalue weighted by Gasteiger charge is 2.22. The van der Waals surface area contributed by atoms with Crippen molar-refractivity contribution in [3.05, 3.63) is 54.6 Å². The molecule has 0 bridgehead atoms. The zero-order valence-electron chi connectivity index (χ0n) is 16.2. The smallest absolute Gasteiger partial charge is 0.162 e. The highest BCUT2D eigenvalue weighted by molar-refractivity contribution is 7.87. The summed E-state index contributed by atoms with van der Waals surface area (Å²) in [7, 11) is 0.337. The van der Waals surface area contributed by atoms with Gasteiger partial charge in [0.25, 0.3) is 0 Å². The number of halogens is 1. The average Bonchev–Trinajstić information content (AvgIpc) is 3.11. The number of pyridine rings is 1. The number of aromatic nitrogens is 3. The second-order valence-corrected chi connectivity index (χ2v) is 9.29. The van der Waals surface area contributed by atoms with Gasteiger partial charge in [0, 0.05) is 43.0 Å². The van der Waals surface area contributed by atoms with Gasteiger partial charge in [-0.05, 0) is 42.8 Å². The lowest BCUT2D eigenvalue weighted by atomic mass is 10.1. The molecule has 0 saturated carbocycles. The largest absolute Gasteiger partial charge is 0.396 e. The first-order valence-corrected chi connectivity index (χ1v) is 11.4. The van der Waals surface area contributed by atoms with Crippen LogP contribution in [0.4, 0.5) is 10.1 Å². The molecule has 1 aromatic carbocycles. The molecule has 0 spiro atoms. The van der Waals surface area contributed by atoms with Gasteiger partial charge in [0.2, 0.25) is 0 Å². The van der Waals surface area contributed by atoms with Crippen LogP contribution in [0.25, 0.3) is 32.9 Å². The second kappa shape index (κ2) is 8.95. The van der Waals surface area contributed by atoms with E-state index in [1.54, 1.807) is 37.7 Å². The van der Waals surface area contributed by atoms with E-state index in [0.29, 0.717) is 56.0 Å². The first kappa shape index (κ1) is 20.5. The van der Waals surface area contributed by atoms with E-state index in [0.717, 1.165) is 5.56 Å². The Bertz CT molecular complexity index is 1200. The molecule has 9 heteroatoms. The van der Waals surface area contributed by atoms with Gasteiger partial charge in [-0.3, -0.25) is 9.19 Å². The molecule has 0 aliphatic carbocycles. The van der Waals surface area contributed by atoms with Crippen molar-refractivity contribution in [2.75, 3.05) is 25.2 Å². The highest BCUT2D eigenvalue weighted by Crippen LogP contribution is 2.41. The molecule has 0 aliphatic rings. The first-order chi connectivity index (χ1) is 14.6. The number of hydrogen-bond acceptors (Lipinski definition) is 7. The van der Waals surface area contributed by atoms with Crippen LogP contribution in [0.15, 0.2) is 53.0 Å². The van der Waals surface area contributed by atoms with Crippen molar-refractivity contribution in [3.8, 4) is 22.6 Å². The van der Waals surface area contributed by atoms with Crippen molar-refractivity contribution < 1.29 is 13.3 Å². The minimum atomic E-state index is -1.28. The topological polar surface area (TPSA) is 91.0 Å². The summed E-state index contributed by atoms with van der Waals surface area (Å²) in [4.78, 5) is 14.1. The molecule has 0 fully saturated rings. The maximum absolute atomic E-state index is 13.5. The number of hydrogen-bond donors (Lipinski definition) is 1. The molecule has 0 unspecified atom stereocenters. The van der Waals surface area contributed by atoms with Gasteiger partial charge in [-0.25, -0.2) is 14.4 Å². The van der Waals surface area contributed by atoms with Crippen LogP contribution in [0.3, 0.4) is 0 Å². The normalized spacial score (nSPS) is 12.3. The molecule has 0 radical (unpaired) electrons. The van der Waals surface area contributed by atoms with Crippen molar-refractivity contribution >= 4 is 38.0 Å². The maximum atomic E-state index is 13.5. The van der Waals surface area contributed by atoms with Crippen LogP contribution in [0.1, 0.15) is 6.42 Å². The van der Waals surface area contributed by atoms with E-state index in [1.165, 1.54) is 23.5 Å². The number of anilines is 1. The van der Waals surface area contributed by atoms with Gasteiger partial charge in [-0.15, -0.1) is 11.3 Å². The Balaban J connectivity index is 1.89. The summed E-state index contributed by atoms with van der Waals surface area (Å²) in [5, 5.41) is 0.634. The van der Waals surface area contributed by atoms with Crippen LogP contribution in [0.5, 0.6) is 0 Å². The predicted octanol–water partition coefficient (Wildman–Crippen LogP) is 4.29. The number of ether oxygens (including phenoxy) is 1. The number of benzene rings is 1. The monoisotopic (exact) mass is 442 g/mol. The van der Waals surface area contributed by atoms with E-state index in [2.05, 4.69) is 9.97 Å². The van der Waals surface area contributed by atoms with Crippen LogP contribution in [-0.2, 0) is 15.5 Å². The minimum absolute atomic E-state index is 0.338. The first-order valence-electron chi connectivity index (χ1n) is 9.22. The Kier molecular flexibility index (Phi) is 6.12. The van der Waals surface area contributed by atoms with Crippen molar-refractivity contribution in [2.45, 2.75) is 10.6 Å². The summed E-state index contributed by atoms with van der Waals surface area (Å²) in [6.45, 7) is 0.530. The third-order valence-electron chi connectivity index (χ3n) is 4.48. The van der Waals surface area contributed by atoms with Gasteiger partial charge in [0.15, 0.2) is 5.82 Å². The zero-order chi connectivity index (χ0) is 21.1. The Morgan fingerprint density at radius 2 is 1.97 bits per heavy atom. The van der Waals surface area contributed by atoms with E-state index in [9.17, 15) is 8.60 Å². The van der Waals surface area contributed by atoms with E-state index in [-0.39, 0.29) is 5.82 Å². The lowest BCUT2D eigenvalue weighted by Crippen LogP contribution is -2.02. The van der Waals surface area contributed by atoms with Gasteiger partial charge in [-0.1, -0.05) is 0 Å². The molecule has 4 rings (SSSR count). The summed E-state index contributed by atoms with van der Waals surface area (Å²) in [6.07, 6.45) is 4.01. The molecule has 3 aromatic heterocycles. The lowest BCUT2D eigenvalue weighted by Gasteiger charge is -2.07. The lowest BCUT2D eigenvalue weighted by molar-refractivity contribution is 0.200. The van der Waals surface area contributed by atoms with Crippen LogP contribution < -0.4 is 5.73 Å². The molecule has 154 valence electrons. The Morgan fingerprint density at radius 1 is 1.17 bits per heavy atom. The van der Waals surface area contributed by atoms with Crippen LogP contribution in [0.2, 0.25) is 0 Å². The number of rotatable bonds is 7. The van der Waals surface area contributed by atoms with Crippen LogP contribution in [0, 0.1) is 5.82 Å². The van der Waals surface area contributed by atoms with E-state index in [4.69, 9.17) is 15.5 Å². The van der Waals surface area contributed by atoms with E-state index >= 15 is 0 Å². The number of nitrogens with two attached hydrogens (primary N) is 1. The summed E-state index contributed by atoms with van der Waals surface area (Å²) < 4.78 is 31.9. The number of nitrogen functional groups attached to an aromatic ring is 1. The van der Waals surface area contributed by atoms with Crippen molar-refractivity contribution in [1.29, 1.82) is 0 Å². The number of methoxy groups -OCH3 is 1. The molecule has 30 heavy (non-hydrogen) atoms. The molecule has 0 saturated heterocycles. The van der Waals surface area contributed by atoms with Crippen molar-refractivity contribution in [3.63, 3.8) is 0 Å². The SMILES string of the molecule is COCCC[S@@](=O)c1sc2nc(-c3cccnc3)nc(-c3ccc(F)cc3)c2c1N. The van der Waals surface area contributed by atoms with Gasteiger partial charge in [0.05, 0.1) is 27.6 Å². The van der Waals surface area contributed by atoms with Crippen molar-refractivity contribution in [2.24, 2.45) is 0 Å². The fourth-order valence-electron chi connectivity index (χ4n) is 3.04. The van der Waals surface area contributed by atoms with E-state index < -0.39 is 10.8 Å². The molecule has 0 aliphatic heterocycles. The maximum Gasteiger partial charge on any atom is 0.162 e. The third-order valence-corrected chi connectivity index (χ3v) is 7.47. The van der Waals surface area contributed by atoms with Crippen LogP contribution >= 0.6 is 11.3 Å². The molecule has 0 amide bonds. The molecule has 3 heterocycles. The quantitative estimate of drug-likeness (QED) is 0.430. The van der Waals surface area contributed by atoms with Gasteiger partial charge < -0.3 is 10.5 Å². The molecule has 2 N–H and O–H groups in total. The predicted molar refractivity (Wildman–Crippen MR) is 118 cm³/mol. The summed E-state index contributed by atoms with van der Waals surface area (Å²) in [5.41, 5.74) is 8.85. The number of nitrogens with zero attached hydrogens (tertiary/aromatic N) is 3. The van der Waals surface area contributed by atoms with Crippen LogP contribution in [-0.4, -0.2) is 38.6 Å². The Hall–Kier alpha value is -2.75. The standard InChI is InChI=1S/C21H19FN4O2S2/c1-28-10-3-11-30(27)21-17(23)16-18(13-5-7-15(22)8-6-13)25-19(26-20(16)29-21)14-4-2-9-24-12-14/h2,4-9,12H,3,10-11,23H2,1H3/t30-/m1/s1. The molecule has 6 nitrogen and oxygen atoms in total. The summed E-state index contributed by atoms with van der Waals surface area (Å²) >= 11 is 1.30. The molecular formula is C21H19FN4O2S2. The summed E-state index contributed by atoms with van der Waals surface area (Å²) in [6, 6.07) is 9.72. The second-order valence-electron chi connectivity index (χ2n) is 6.52. The van der Waals surface area contributed by atoms with Gasteiger partial charge >= 0.3 is 0 Å². The minimum Gasteiger partial charge on any atom is -0.396 e. The fourth-order valence-corrected chi connectivity index (χ4v) is 5.64. The Morgan fingerprint density at radius 3 is 2.67 bits per heavy atom. The molecule has 1 atom stereocenters. The highest BCUT2D eigenvalue weighted by atomic mass is 32.2. The van der Waals surface area contributed by atoms with Gasteiger partial charge in [0.1, 0.15) is 14.9 Å². The average molecular weight is 443 g/mol. The molecular weight excluding hydrogens is 423 g/mol.